The van der Waals surface area contributed by atoms with Crippen LogP contribution >= 0.6 is 0 Å². The minimum Gasteiger partial charge on any atom is -0.478 e. The van der Waals surface area contributed by atoms with Gasteiger partial charge >= 0.3 is 5.97 Å². The van der Waals surface area contributed by atoms with Crippen LogP contribution < -0.4 is 0 Å². The van der Waals surface area contributed by atoms with E-state index in [1.807, 2.05) is 0 Å². The largest absolute Gasteiger partial charge is 0.478 e. The summed E-state index contributed by atoms with van der Waals surface area (Å²) in [7, 11) is 0. The van der Waals surface area contributed by atoms with Crippen molar-refractivity contribution < 1.29 is 24.1 Å². The van der Waals surface area contributed by atoms with Gasteiger partial charge in [-0.05, 0) is 12.8 Å². The minimum absolute atomic E-state index is 0.108. The molecule has 3 aliphatic rings. The Labute approximate surface area is 99.3 Å². The van der Waals surface area contributed by atoms with Gasteiger partial charge in [-0.2, -0.15) is 0 Å². The Morgan fingerprint density at radius 3 is 1.71 bits per heavy atom. The Morgan fingerprint density at radius 2 is 1.35 bits per heavy atom. The molecule has 0 aliphatic carbocycles. The number of hydrogen-bond acceptors (Lipinski definition) is 4. The molecule has 3 heterocycles. The van der Waals surface area contributed by atoms with Crippen molar-refractivity contribution in [1.82, 2.24) is 0 Å². The normalized spacial score (nSPS) is 33.1. The number of carboxylic acid groups (broad SMARTS) is 1. The summed E-state index contributed by atoms with van der Waals surface area (Å²) >= 11 is 0. The zero-order valence-corrected chi connectivity index (χ0v) is 9.55. The fourth-order valence-corrected chi connectivity index (χ4v) is 2.05. The van der Waals surface area contributed by atoms with E-state index in [4.69, 9.17) is 14.2 Å². The van der Waals surface area contributed by atoms with E-state index in [0.717, 1.165) is 31.6 Å². The summed E-state index contributed by atoms with van der Waals surface area (Å²) in [5.41, 5.74) is 1.50. The third kappa shape index (κ3) is 3.28. The molecule has 0 aromatic rings. The molecule has 3 saturated heterocycles. The molecule has 0 amide bonds. The molecule has 0 spiro atoms. The third-order valence-corrected chi connectivity index (χ3v) is 3.27. The highest BCUT2D eigenvalue weighted by atomic mass is 16.6. The first kappa shape index (κ1) is 11.2. The van der Waals surface area contributed by atoms with Gasteiger partial charge in [0.05, 0.1) is 38.1 Å². The predicted octanol–water partition coefficient (Wildman–Crippen LogP) is 0.734. The average Bonchev–Trinajstić information content (AvgIpc) is 3.11. The van der Waals surface area contributed by atoms with Crippen molar-refractivity contribution in [2.75, 3.05) is 19.8 Å². The van der Waals surface area contributed by atoms with E-state index in [0.29, 0.717) is 18.6 Å². The smallest absolute Gasteiger partial charge is 0.331 e. The summed E-state index contributed by atoms with van der Waals surface area (Å²) in [5, 5.41) is 9.29. The summed E-state index contributed by atoms with van der Waals surface area (Å²) in [4.78, 5) is 11.3. The lowest BCUT2D eigenvalue weighted by Crippen LogP contribution is -2.10. The highest BCUT2D eigenvalue weighted by Crippen LogP contribution is 2.32. The molecule has 3 aliphatic heterocycles. The molecular weight excluding hydrogens is 224 g/mol. The number of aliphatic carboxylic acids is 1. The van der Waals surface area contributed by atoms with Crippen LogP contribution in [0.15, 0.2) is 11.1 Å². The van der Waals surface area contributed by atoms with Gasteiger partial charge in [-0.1, -0.05) is 5.57 Å². The SMILES string of the molecule is O=C(O)C(CC1CO1)=C(CC1CO1)CC1CO1. The number of ether oxygens (including phenoxy) is 3. The number of rotatable bonds is 7. The maximum atomic E-state index is 11.3. The zero-order valence-electron chi connectivity index (χ0n) is 9.55. The molecule has 1 N–H and O–H groups in total. The Kier molecular flexibility index (Phi) is 2.90. The Bertz CT molecular complexity index is 334. The van der Waals surface area contributed by atoms with Crippen molar-refractivity contribution >= 4 is 5.97 Å². The quantitative estimate of drug-likeness (QED) is 0.524. The second kappa shape index (κ2) is 4.40. The van der Waals surface area contributed by atoms with Gasteiger partial charge < -0.3 is 19.3 Å². The molecule has 0 bridgehead atoms. The van der Waals surface area contributed by atoms with Gasteiger partial charge in [-0.15, -0.1) is 0 Å². The van der Waals surface area contributed by atoms with E-state index in [-0.39, 0.29) is 18.3 Å². The van der Waals surface area contributed by atoms with Crippen molar-refractivity contribution in [2.24, 2.45) is 0 Å². The molecule has 5 heteroatoms. The lowest BCUT2D eigenvalue weighted by atomic mass is 9.95. The van der Waals surface area contributed by atoms with Crippen molar-refractivity contribution in [3.8, 4) is 0 Å². The summed E-state index contributed by atoms with van der Waals surface area (Å²) in [6.07, 6.45) is 2.53. The number of epoxide rings is 3. The van der Waals surface area contributed by atoms with Gasteiger partial charge in [-0.3, -0.25) is 0 Å². The number of carbonyl (C=O) groups is 1. The highest BCUT2D eigenvalue weighted by Gasteiger charge is 2.34. The van der Waals surface area contributed by atoms with Crippen LogP contribution in [0.1, 0.15) is 19.3 Å². The molecule has 5 nitrogen and oxygen atoms in total. The summed E-state index contributed by atoms with van der Waals surface area (Å²) in [5.74, 6) is -0.822. The van der Waals surface area contributed by atoms with Crippen molar-refractivity contribution in [1.29, 1.82) is 0 Å². The molecule has 17 heavy (non-hydrogen) atoms. The minimum atomic E-state index is -0.822. The van der Waals surface area contributed by atoms with Crippen molar-refractivity contribution in [2.45, 2.75) is 37.6 Å². The van der Waals surface area contributed by atoms with E-state index < -0.39 is 5.97 Å². The molecular formula is C12H16O5. The van der Waals surface area contributed by atoms with Gasteiger partial charge in [0.2, 0.25) is 0 Å². The molecule has 3 rings (SSSR count). The summed E-state index contributed by atoms with van der Waals surface area (Å²) in [6, 6.07) is 0. The second-order valence-corrected chi connectivity index (χ2v) is 4.87. The van der Waals surface area contributed by atoms with Gasteiger partial charge in [-0.25, -0.2) is 4.79 Å². The monoisotopic (exact) mass is 240 g/mol. The first-order valence-electron chi connectivity index (χ1n) is 6.01. The number of carboxylic acids is 1. The van der Waals surface area contributed by atoms with Crippen LogP contribution in [0.3, 0.4) is 0 Å². The first-order valence-corrected chi connectivity index (χ1v) is 6.01. The summed E-state index contributed by atoms with van der Waals surface area (Å²) in [6.45, 7) is 2.19. The van der Waals surface area contributed by atoms with E-state index in [1.54, 1.807) is 0 Å². The van der Waals surface area contributed by atoms with Gasteiger partial charge in [0.15, 0.2) is 0 Å². The van der Waals surface area contributed by atoms with Crippen LogP contribution in [0.25, 0.3) is 0 Å². The highest BCUT2D eigenvalue weighted by molar-refractivity contribution is 5.87. The van der Waals surface area contributed by atoms with Crippen molar-refractivity contribution in [3.05, 3.63) is 11.1 Å². The maximum Gasteiger partial charge on any atom is 0.331 e. The van der Waals surface area contributed by atoms with Crippen LogP contribution in [-0.4, -0.2) is 49.2 Å². The van der Waals surface area contributed by atoms with E-state index >= 15 is 0 Å². The fourth-order valence-electron chi connectivity index (χ4n) is 2.05. The molecule has 0 saturated carbocycles. The molecule has 3 unspecified atom stereocenters. The van der Waals surface area contributed by atoms with E-state index in [2.05, 4.69) is 0 Å². The Hall–Kier alpha value is -0.910. The first-order chi connectivity index (χ1) is 8.22. The number of hydrogen-bond donors (Lipinski definition) is 1. The Balaban J connectivity index is 1.74. The van der Waals surface area contributed by atoms with Gasteiger partial charge in [0, 0.05) is 12.0 Å². The third-order valence-electron chi connectivity index (χ3n) is 3.27. The van der Waals surface area contributed by atoms with Gasteiger partial charge in [0.25, 0.3) is 0 Å². The lowest BCUT2D eigenvalue weighted by molar-refractivity contribution is -0.133. The van der Waals surface area contributed by atoms with Crippen LogP contribution in [0.2, 0.25) is 0 Å². The maximum absolute atomic E-state index is 11.3. The van der Waals surface area contributed by atoms with Crippen LogP contribution in [0.4, 0.5) is 0 Å². The molecule has 0 aromatic carbocycles. The topological polar surface area (TPSA) is 74.9 Å². The van der Waals surface area contributed by atoms with E-state index in [9.17, 15) is 9.90 Å². The van der Waals surface area contributed by atoms with E-state index in [1.165, 1.54) is 0 Å². The van der Waals surface area contributed by atoms with Crippen LogP contribution in [0.5, 0.6) is 0 Å². The zero-order chi connectivity index (χ0) is 11.8. The predicted molar refractivity (Wildman–Crippen MR) is 57.7 cm³/mol. The Morgan fingerprint density at radius 1 is 0.941 bits per heavy atom. The molecule has 0 radical (unpaired) electrons. The standard InChI is InChI=1S/C12H16O5/c13-12(14)11(3-10-6-17-10)7(1-8-4-15-8)2-9-5-16-9/h8-10H,1-6H2,(H,13,14). The molecule has 3 atom stereocenters. The van der Waals surface area contributed by atoms with Crippen molar-refractivity contribution in [3.63, 3.8) is 0 Å². The second-order valence-electron chi connectivity index (χ2n) is 4.87. The average molecular weight is 240 g/mol. The molecule has 94 valence electrons. The lowest BCUT2D eigenvalue weighted by Gasteiger charge is -2.09. The van der Waals surface area contributed by atoms with Gasteiger partial charge in [0.1, 0.15) is 0 Å². The van der Waals surface area contributed by atoms with Crippen LogP contribution in [-0.2, 0) is 19.0 Å². The fraction of sp³-hybridized carbons (Fsp3) is 0.750. The van der Waals surface area contributed by atoms with Crippen LogP contribution in [0, 0.1) is 0 Å². The molecule has 0 aromatic heterocycles. The summed E-state index contributed by atoms with van der Waals surface area (Å²) < 4.78 is 15.5. The molecule has 3 fully saturated rings.